The van der Waals surface area contributed by atoms with Crippen LogP contribution in [0.3, 0.4) is 0 Å². The summed E-state index contributed by atoms with van der Waals surface area (Å²) in [6, 6.07) is 15.2. The maximum Gasteiger partial charge on any atom is 0.263 e. The highest BCUT2D eigenvalue weighted by Gasteiger charge is 2.14. The average Bonchev–Trinajstić information content (AvgIpc) is 2.79. The Labute approximate surface area is 202 Å². The van der Waals surface area contributed by atoms with Crippen LogP contribution in [0.2, 0.25) is 10.0 Å². The van der Waals surface area contributed by atoms with Crippen molar-refractivity contribution in [1.82, 2.24) is 4.98 Å². The Bertz CT molecular complexity index is 1100. The number of anilines is 2. The minimum absolute atomic E-state index is 0.0708. The number of carbonyl (C=O) groups excluding carboxylic acids is 2. The smallest absolute Gasteiger partial charge is 0.263 e. The third kappa shape index (κ3) is 7.66. The normalized spacial score (nSPS) is 10.6. The zero-order chi connectivity index (χ0) is 23.8. The average molecular weight is 488 g/mol. The van der Waals surface area contributed by atoms with Gasteiger partial charge in [-0.3, -0.25) is 9.59 Å². The molecule has 1 aromatic heterocycles. The number of aromatic nitrogens is 1. The van der Waals surface area contributed by atoms with E-state index < -0.39 is 0 Å². The van der Waals surface area contributed by atoms with Gasteiger partial charge in [0.2, 0.25) is 0 Å². The highest BCUT2D eigenvalue weighted by atomic mass is 35.5. The summed E-state index contributed by atoms with van der Waals surface area (Å²) in [5.41, 5.74) is 1.36. The molecular weight excluding hydrogens is 465 g/mol. The molecule has 2 N–H and O–H groups in total. The zero-order valence-corrected chi connectivity index (χ0v) is 19.6. The number of hydrogen-bond donors (Lipinski definition) is 2. The molecule has 33 heavy (non-hydrogen) atoms. The van der Waals surface area contributed by atoms with Gasteiger partial charge in [-0.05, 0) is 66.1 Å². The number of rotatable bonds is 9. The molecule has 0 fully saturated rings. The van der Waals surface area contributed by atoms with Gasteiger partial charge >= 0.3 is 0 Å². The molecule has 0 saturated heterocycles. The van der Waals surface area contributed by atoms with E-state index in [4.69, 9.17) is 32.7 Å². The fourth-order valence-electron chi connectivity index (χ4n) is 2.85. The lowest BCUT2D eigenvalue weighted by Gasteiger charge is -2.16. The van der Waals surface area contributed by atoms with Gasteiger partial charge in [-0.15, -0.1) is 0 Å². The van der Waals surface area contributed by atoms with E-state index in [0.29, 0.717) is 33.0 Å². The Morgan fingerprint density at radius 1 is 0.848 bits per heavy atom. The van der Waals surface area contributed by atoms with E-state index in [1.165, 1.54) is 6.20 Å². The summed E-state index contributed by atoms with van der Waals surface area (Å²) in [7, 11) is 0. The highest BCUT2D eigenvalue weighted by Crippen LogP contribution is 2.26. The molecule has 0 saturated carbocycles. The third-order valence-electron chi connectivity index (χ3n) is 4.47. The summed E-state index contributed by atoms with van der Waals surface area (Å²) in [5, 5.41) is 6.68. The fraction of sp³-hybridized carbons (Fsp3) is 0.208. The molecule has 7 nitrogen and oxygen atoms in total. The summed E-state index contributed by atoms with van der Waals surface area (Å²) in [6.07, 6.45) is 1.51. The predicted molar refractivity (Wildman–Crippen MR) is 129 cm³/mol. The number of halogens is 2. The summed E-state index contributed by atoms with van der Waals surface area (Å²) in [4.78, 5) is 28.8. The maximum absolute atomic E-state index is 12.3. The van der Waals surface area contributed by atoms with Crippen molar-refractivity contribution in [3.63, 3.8) is 0 Å². The first-order chi connectivity index (χ1) is 15.8. The second-order valence-corrected chi connectivity index (χ2v) is 8.27. The number of benzene rings is 2. The molecule has 0 aliphatic heterocycles. The van der Waals surface area contributed by atoms with E-state index in [2.05, 4.69) is 15.6 Å². The first-order valence-electron chi connectivity index (χ1n) is 10.2. The van der Waals surface area contributed by atoms with Crippen LogP contribution in [0.5, 0.6) is 11.5 Å². The first-order valence-corrected chi connectivity index (χ1v) is 10.9. The van der Waals surface area contributed by atoms with E-state index in [0.717, 1.165) is 5.56 Å². The molecule has 0 unspecified atom stereocenters. The topological polar surface area (TPSA) is 89.5 Å². The van der Waals surface area contributed by atoms with Crippen molar-refractivity contribution in [3.8, 4) is 11.5 Å². The lowest BCUT2D eigenvalue weighted by Crippen LogP contribution is -2.22. The summed E-state index contributed by atoms with van der Waals surface area (Å²) in [5.74, 6) is 0.808. The minimum atomic E-state index is -0.361. The van der Waals surface area contributed by atoms with Crippen molar-refractivity contribution >= 4 is 46.5 Å². The standard InChI is InChI=1S/C24H23Cl2N3O4/c1-15(2)20-11-22(29-24(31)14-33-19-9-5-17(26)6-10-19)27-12-21(20)28-23(30)13-32-18-7-3-16(25)4-8-18/h3-12,15H,13-14H2,1-2H3,(H,28,30)(H,27,29,31). The molecule has 0 spiro atoms. The first kappa shape index (κ1) is 24.4. The predicted octanol–water partition coefficient (Wildman–Crippen LogP) is 5.55. The van der Waals surface area contributed by atoms with Crippen LogP contribution in [0.15, 0.2) is 60.8 Å². The fourth-order valence-corrected chi connectivity index (χ4v) is 3.10. The van der Waals surface area contributed by atoms with Gasteiger partial charge in [0.25, 0.3) is 11.8 Å². The molecule has 2 aromatic carbocycles. The molecule has 3 aromatic rings. The van der Waals surface area contributed by atoms with Crippen LogP contribution in [0, 0.1) is 0 Å². The van der Waals surface area contributed by atoms with Crippen LogP contribution in [0.25, 0.3) is 0 Å². The van der Waals surface area contributed by atoms with E-state index in [1.807, 2.05) is 13.8 Å². The summed E-state index contributed by atoms with van der Waals surface area (Å²) < 4.78 is 10.9. The maximum atomic E-state index is 12.3. The van der Waals surface area contributed by atoms with Gasteiger partial charge in [0.1, 0.15) is 17.3 Å². The number of nitrogens with zero attached hydrogens (tertiary/aromatic N) is 1. The van der Waals surface area contributed by atoms with Crippen molar-refractivity contribution in [2.75, 3.05) is 23.8 Å². The molecule has 1 heterocycles. The van der Waals surface area contributed by atoms with Crippen molar-refractivity contribution < 1.29 is 19.1 Å². The zero-order valence-electron chi connectivity index (χ0n) is 18.1. The van der Waals surface area contributed by atoms with E-state index in [1.54, 1.807) is 54.6 Å². The largest absolute Gasteiger partial charge is 0.484 e. The van der Waals surface area contributed by atoms with Crippen molar-refractivity contribution in [2.45, 2.75) is 19.8 Å². The van der Waals surface area contributed by atoms with Crippen LogP contribution in [0.1, 0.15) is 25.3 Å². The molecule has 0 bridgehead atoms. The lowest BCUT2D eigenvalue weighted by atomic mass is 10.0. The molecular formula is C24H23Cl2N3O4. The number of carbonyl (C=O) groups is 2. The minimum Gasteiger partial charge on any atom is -0.484 e. The van der Waals surface area contributed by atoms with E-state index >= 15 is 0 Å². The number of hydrogen-bond acceptors (Lipinski definition) is 5. The molecule has 2 amide bonds. The SMILES string of the molecule is CC(C)c1cc(NC(=O)COc2ccc(Cl)cc2)ncc1NC(=O)COc1ccc(Cl)cc1. The van der Waals surface area contributed by atoms with Gasteiger partial charge in [0.05, 0.1) is 11.9 Å². The second kappa shape index (κ2) is 11.5. The Morgan fingerprint density at radius 3 is 1.82 bits per heavy atom. The quantitative estimate of drug-likeness (QED) is 0.413. The Morgan fingerprint density at radius 2 is 1.33 bits per heavy atom. The molecule has 0 aliphatic rings. The Kier molecular flexibility index (Phi) is 8.52. The Hall–Kier alpha value is -3.29. The van der Waals surface area contributed by atoms with Crippen molar-refractivity contribution in [1.29, 1.82) is 0 Å². The molecule has 0 radical (unpaired) electrons. The van der Waals surface area contributed by atoms with Gasteiger partial charge in [0.15, 0.2) is 13.2 Å². The summed E-state index contributed by atoms with van der Waals surface area (Å²) >= 11 is 11.7. The number of ether oxygens (including phenoxy) is 2. The molecule has 3 rings (SSSR count). The summed E-state index contributed by atoms with van der Waals surface area (Å²) in [6.45, 7) is 3.61. The molecule has 0 atom stereocenters. The number of nitrogens with one attached hydrogen (secondary N) is 2. The van der Waals surface area contributed by atoms with Gasteiger partial charge in [-0.1, -0.05) is 37.0 Å². The van der Waals surface area contributed by atoms with Gasteiger partial charge in [0, 0.05) is 10.0 Å². The van der Waals surface area contributed by atoms with E-state index in [9.17, 15) is 9.59 Å². The number of amides is 2. The van der Waals surface area contributed by atoms with Gasteiger partial charge in [-0.25, -0.2) is 4.98 Å². The Balaban J connectivity index is 1.57. The monoisotopic (exact) mass is 487 g/mol. The van der Waals surface area contributed by atoms with Gasteiger partial charge < -0.3 is 20.1 Å². The second-order valence-electron chi connectivity index (χ2n) is 7.39. The van der Waals surface area contributed by atoms with Crippen molar-refractivity contribution in [2.24, 2.45) is 0 Å². The van der Waals surface area contributed by atoms with Crippen LogP contribution >= 0.6 is 23.2 Å². The van der Waals surface area contributed by atoms with Crippen LogP contribution < -0.4 is 20.1 Å². The number of pyridine rings is 1. The van der Waals surface area contributed by atoms with Crippen LogP contribution in [-0.4, -0.2) is 30.0 Å². The molecule has 0 aliphatic carbocycles. The van der Waals surface area contributed by atoms with Crippen molar-refractivity contribution in [3.05, 3.63) is 76.4 Å². The van der Waals surface area contributed by atoms with Crippen LogP contribution in [-0.2, 0) is 9.59 Å². The molecule has 9 heteroatoms. The van der Waals surface area contributed by atoms with Crippen LogP contribution in [0.4, 0.5) is 11.5 Å². The lowest BCUT2D eigenvalue weighted by molar-refractivity contribution is -0.118. The molecule has 172 valence electrons. The van der Waals surface area contributed by atoms with Gasteiger partial charge in [-0.2, -0.15) is 0 Å². The van der Waals surface area contributed by atoms with E-state index in [-0.39, 0.29) is 30.9 Å². The third-order valence-corrected chi connectivity index (χ3v) is 4.97. The highest BCUT2D eigenvalue weighted by molar-refractivity contribution is 6.30.